The zero-order chi connectivity index (χ0) is 20.3. The standard InChI is InChI=1S/C27H29NOS/c1-29-26-11-7-21(8-12-26)27(22-14-16-30-19-22)23-17-24-9-10-25(18-23)28(24)15-13-20-5-3-2-4-6-20/h2-8,11-12,14,16,19,24-25H,9-10,13,15,17-18H2,1H3. The second-order valence-electron chi connectivity index (χ2n) is 8.49. The molecule has 2 fully saturated rings. The molecule has 5 rings (SSSR count). The Balaban J connectivity index is 1.41. The zero-order valence-electron chi connectivity index (χ0n) is 17.6. The number of nitrogens with zero attached hydrogens (tertiary/aromatic N) is 1. The summed E-state index contributed by atoms with van der Waals surface area (Å²) in [6.07, 6.45) is 6.22. The van der Waals surface area contributed by atoms with Gasteiger partial charge in [-0.3, -0.25) is 4.90 Å². The Labute approximate surface area is 183 Å². The maximum atomic E-state index is 5.39. The fraction of sp³-hybridized carbons (Fsp3) is 0.333. The normalized spacial score (nSPS) is 21.0. The van der Waals surface area contributed by atoms with Crippen molar-refractivity contribution in [3.8, 4) is 5.75 Å². The second kappa shape index (κ2) is 8.79. The number of rotatable bonds is 6. The molecule has 0 N–H and O–H groups in total. The van der Waals surface area contributed by atoms with Crippen molar-refractivity contribution in [3.63, 3.8) is 0 Å². The van der Waals surface area contributed by atoms with Gasteiger partial charge in [-0.25, -0.2) is 0 Å². The summed E-state index contributed by atoms with van der Waals surface area (Å²) in [4.78, 5) is 2.80. The predicted octanol–water partition coefficient (Wildman–Crippen LogP) is 6.43. The second-order valence-corrected chi connectivity index (χ2v) is 9.27. The fourth-order valence-corrected chi connectivity index (χ4v) is 5.96. The monoisotopic (exact) mass is 415 g/mol. The number of piperidine rings is 1. The van der Waals surface area contributed by atoms with E-state index in [4.69, 9.17) is 4.74 Å². The van der Waals surface area contributed by atoms with Crippen molar-refractivity contribution in [1.82, 2.24) is 4.90 Å². The number of thiophene rings is 1. The highest BCUT2D eigenvalue weighted by atomic mass is 32.1. The molecule has 2 bridgehead atoms. The van der Waals surface area contributed by atoms with Crippen LogP contribution in [-0.4, -0.2) is 30.6 Å². The molecule has 2 atom stereocenters. The Morgan fingerprint density at radius 1 is 0.933 bits per heavy atom. The summed E-state index contributed by atoms with van der Waals surface area (Å²) < 4.78 is 5.39. The van der Waals surface area contributed by atoms with E-state index in [-0.39, 0.29) is 0 Å². The number of hydrogen-bond donors (Lipinski definition) is 0. The largest absolute Gasteiger partial charge is 0.497 e. The van der Waals surface area contributed by atoms with Gasteiger partial charge in [0.15, 0.2) is 0 Å². The van der Waals surface area contributed by atoms with Crippen molar-refractivity contribution >= 4 is 16.9 Å². The van der Waals surface area contributed by atoms with E-state index in [1.807, 2.05) is 0 Å². The predicted molar refractivity (Wildman–Crippen MR) is 126 cm³/mol. The molecule has 154 valence electrons. The van der Waals surface area contributed by atoms with Gasteiger partial charge < -0.3 is 4.74 Å². The summed E-state index contributed by atoms with van der Waals surface area (Å²) in [5.41, 5.74) is 7.25. The van der Waals surface area contributed by atoms with Crippen LogP contribution in [0.5, 0.6) is 5.75 Å². The summed E-state index contributed by atoms with van der Waals surface area (Å²) in [5, 5.41) is 4.50. The number of fused-ring (bicyclic) bond motifs is 2. The average molecular weight is 416 g/mol. The third-order valence-corrected chi connectivity index (χ3v) is 7.46. The molecule has 0 radical (unpaired) electrons. The lowest BCUT2D eigenvalue weighted by Crippen LogP contribution is -2.41. The highest BCUT2D eigenvalue weighted by molar-refractivity contribution is 7.08. The van der Waals surface area contributed by atoms with Crippen molar-refractivity contribution in [2.45, 2.75) is 44.2 Å². The van der Waals surface area contributed by atoms with Gasteiger partial charge in [0.2, 0.25) is 0 Å². The van der Waals surface area contributed by atoms with E-state index < -0.39 is 0 Å². The van der Waals surface area contributed by atoms with Crippen molar-refractivity contribution in [2.75, 3.05) is 13.7 Å². The minimum atomic E-state index is 0.689. The maximum Gasteiger partial charge on any atom is 0.118 e. The number of benzene rings is 2. The minimum absolute atomic E-state index is 0.689. The van der Waals surface area contributed by atoms with Gasteiger partial charge in [-0.2, -0.15) is 11.3 Å². The van der Waals surface area contributed by atoms with Crippen LogP contribution >= 0.6 is 11.3 Å². The molecular weight excluding hydrogens is 386 g/mol. The quantitative estimate of drug-likeness (QED) is 0.460. The molecule has 2 aliphatic rings. The van der Waals surface area contributed by atoms with Gasteiger partial charge in [0, 0.05) is 18.6 Å². The van der Waals surface area contributed by atoms with Crippen LogP contribution in [-0.2, 0) is 6.42 Å². The van der Waals surface area contributed by atoms with E-state index in [2.05, 4.69) is 76.3 Å². The molecule has 0 amide bonds. The lowest BCUT2D eigenvalue weighted by Gasteiger charge is -2.37. The summed E-state index contributed by atoms with van der Waals surface area (Å²) in [6.45, 7) is 1.18. The number of hydrogen-bond acceptors (Lipinski definition) is 3. The molecule has 2 nitrogen and oxygen atoms in total. The van der Waals surface area contributed by atoms with E-state index in [1.165, 1.54) is 54.5 Å². The molecular formula is C27H29NOS. The van der Waals surface area contributed by atoms with Crippen LogP contribution in [0.15, 0.2) is 77.0 Å². The highest BCUT2D eigenvalue weighted by Crippen LogP contribution is 2.43. The molecule has 0 aliphatic carbocycles. The smallest absolute Gasteiger partial charge is 0.118 e. The third-order valence-electron chi connectivity index (χ3n) is 6.78. The van der Waals surface area contributed by atoms with Crippen LogP contribution in [0.3, 0.4) is 0 Å². The summed E-state index contributed by atoms with van der Waals surface area (Å²) in [6, 6.07) is 23.2. The van der Waals surface area contributed by atoms with Crippen molar-refractivity contribution in [3.05, 3.63) is 93.7 Å². The average Bonchev–Trinajstić information content (AvgIpc) is 3.39. The fourth-order valence-electron chi connectivity index (χ4n) is 5.32. The molecule has 0 spiro atoms. The van der Waals surface area contributed by atoms with Crippen LogP contribution in [0.25, 0.3) is 5.57 Å². The summed E-state index contributed by atoms with van der Waals surface area (Å²) in [7, 11) is 1.73. The molecule has 3 aromatic rings. The number of ether oxygens (including phenoxy) is 1. The highest BCUT2D eigenvalue weighted by Gasteiger charge is 2.39. The molecule has 0 saturated carbocycles. The van der Waals surface area contributed by atoms with Crippen molar-refractivity contribution < 1.29 is 4.74 Å². The van der Waals surface area contributed by atoms with Crippen LogP contribution in [0.2, 0.25) is 0 Å². The Morgan fingerprint density at radius 2 is 1.67 bits per heavy atom. The van der Waals surface area contributed by atoms with Crippen molar-refractivity contribution in [2.24, 2.45) is 0 Å². The lowest BCUT2D eigenvalue weighted by molar-refractivity contribution is 0.168. The van der Waals surface area contributed by atoms with Crippen molar-refractivity contribution in [1.29, 1.82) is 0 Å². The van der Waals surface area contributed by atoms with E-state index in [9.17, 15) is 0 Å². The Hall–Kier alpha value is -2.36. The first kappa shape index (κ1) is 19.6. The first-order chi connectivity index (χ1) is 14.8. The molecule has 2 saturated heterocycles. The Morgan fingerprint density at radius 3 is 2.30 bits per heavy atom. The van der Waals surface area contributed by atoms with Crippen LogP contribution in [0.4, 0.5) is 0 Å². The molecule has 2 unspecified atom stereocenters. The van der Waals surface area contributed by atoms with E-state index in [0.717, 1.165) is 12.2 Å². The van der Waals surface area contributed by atoms with Gasteiger partial charge in [0.1, 0.15) is 5.75 Å². The van der Waals surface area contributed by atoms with Gasteiger partial charge in [0.05, 0.1) is 7.11 Å². The zero-order valence-corrected chi connectivity index (χ0v) is 18.4. The topological polar surface area (TPSA) is 12.5 Å². The molecule has 3 heterocycles. The molecule has 1 aromatic heterocycles. The van der Waals surface area contributed by atoms with E-state index >= 15 is 0 Å². The summed E-state index contributed by atoms with van der Waals surface area (Å²) >= 11 is 1.79. The lowest BCUT2D eigenvalue weighted by atomic mass is 9.86. The van der Waals surface area contributed by atoms with Gasteiger partial charge >= 0.3 is 0 Å². The SMILES string of the molecule is COc1ccc(C(=C2CC3CCC(C2)N3CCc2ccccc2)c2ccsc2)cc1. The van der Waals surface area contributed by atoms with Gasteiger partial charge in [-0.1, -0.05) is 48.0 Å². The minimum Gasteiger partial charge on any atom is -0.497 e. The first-order valence-corrected chi connectivity index (χ1v) is 11.9. The van der Waals surface area contributed by atoms with Crippen LogP contribution in [0.1, 0.15) is 42.4 Å². The maximum absolute atomic E-state index is 5.39. The Kier molecular flexibility index (Phi) is 5.74. The molecule has 2 aromatic carbocycles. The van der Waals surface area contributed by atoms with Gasteiger partial charge in [0.25, 0.3) is 0 Å². The van der Waals surface area contributed by atoms with E-state index in [0.29, 0.717) is 12.1 Å². The van der Waals surface area contributed by atoms with Gasteiger partial charge in [-0.15, -0.1) is 0 Å². The summed E-state index contributed by atoms with van der Waals surface area (Å²) in [5.74, 6) is 0.921. The third kappa shape index (κ3) is 3.97. The molecule has 30 heavy (non-hydrogen) atoms. The molecule has 3 heteroatoms. The van der Waals surface area contributed by atoms with Gasteiger partial charge in [-0.05, 0) is 83.3 Å². The Bertz CT molecular complexity index is 975. The van der Waals surface area contributed by atoms with Crippen LogP contribution in [0, 0.1) is 0 Å². The molecule has 2 aliphatic heterocycles. The van der Waals surface area contributed by atoms with E-state index in [1.54, 1.807) is 24.0 Å². The first-order valence-electron chi connectivity index (χ1n) is 11.0. The number of methoxy groups -OCH3 is 1. The van der Waals surface area contributed by atoms with Crippen LogP contribution < -0.4 is 4.74 Å².